The topological polar surface area (TPSA) is 89.0 Å². The van der Waals surface area contributed by atoms with E-state index in [1.807, 2.05) is 0 Å². The van der Waals surface area contributed by atoms with Crippen LogP contribution >= 0.6 is 0 Å². The number of epoxide rings is 1. The molecule has 0 spiro atoms. The van der Waals surface area contributed by atoms with E-state index in [4.69, 9.17) is 9.47 Å². The maximum atomic E-state index is 13.3. The minimum absolute atomic E-state index is 0.0388. The zero-order valence-electron chi connectivity index (χ0n) is 24.9. The van der Waals surface area contributed by atoms with Gasteiger partial charge < -0.3 is 14.6 Å². The van der Waals surface area contributed by atoms with Crippen LogP contribution in [0.25, 0.3) is 0 Å². The lowest BCUT2D eigenvalue weighted by Crippen LogP contribution is -2.55. The Morgan fingerprint density at radius 2 is 1.93 bits per heavy atom. The van der Waals surface area contributed by atoms with E-state index in [-0.39, 0.29) is 51.7 Å². The van der Waals surface area contributed by atoms with Gasteiger partial charge in [0.15, 0.2) is 5.78 Å². The predicted octanol–water partition coefficient (Wildman–Crippen LogP) is 6.10. The lowest BCUT2D eigenvalue weighted by Gasteiger charge is -2.59. The molecule has 0 bridgehead atoms. The first-order valence-electron chi connectivity index (χ1n) is 15.2. The monoisotopic (exact) mass is 547 g/mol. The molecule has 0 aromatic carbocycles. The summed E-state index contributed by atoms with van der Waals surface area (Å²) in [6.45, 7) is 13.3. The number of fused-ring (bicyclic) bond motifs is 5. The number of ether oxygens (including phenoxy) is 2. The second-order valence-electron chi connectivity index (χ2n) is 14.6. The number of carbonyl (C=O) groups excluding carboxylic acids is 2. The van der Waals surface area contributed by atoms with Crippen LogP contribution in [0.1, 0.15) is 90.4 Å². The van der Waals surface area contributed by atoms with Gasteiger partial charge in [0.2, 0.25) is 0 Å². The van der Waals surface area contributed by atoms with Crippen molar-refractivity contribution in [2.75, 3.05) is 0 Å². The fourth-order valence-corrected chi connectivity index (χ4v) is 9.57. The predicted molar refractivity (Wildman–Crippen MR) is 152 cm³/mol. The summed E-state index contributed by atoms with van der Waals surface area (Å²) in [6.07, 6.45) is 13.6. The molecule has 6 nitrogen and oxygen atoms in total. The summed E-state index contributed by atoms with van der Waals surface area (Å²) in [4.78, 5) is 29.5. The average Bonchev–Trinajstić information content (AvgIpc) is 3.21. The van der Waals surface area contributed by atoms with Crippen molar-refractivity contribution in [2.24, 2.45) is 40.4 Å². The minimum atomic E-state index is -0.430. The van der Waals surface area contributed by atoms with Crippen LogP contribution in [0.15, 0.2) is 48.3 Å². The van der Waals surface area contributed by atoms with E-state index in [9.17, 15) is 14.7 Å². The molecule has 1 aromatic heterocycles. The molecule has 216 valence electrons. The molecule has 0 unspecified atom stereocenters. The highest BCUT2D eigenvalue weighted by atomic mass is 16.6. The number of hydrogen-bond acceptors (Lipinski definition) is 6. The summed E-state index contributed by atoms with van der Waals surface area (Å²) in [5.41, 5.74) is 0.884. The maximum absolute atomic E-state index is 13.3. The van der Waals surface area contributed by atoms with Crippen LogP contribution in [0.4, 0.5) is 0 Å². The number of allylic oxidation sites excluding steroid dienone is 3. The Bertz CT molecular complexity index is 1250. The molecule has 1 saturated heterocycles. The van der Waals surface area contributed by atoms with Crippen LogP contribution in [-0.4, -0.2) is 45.3 Å². The van der Waals surface area contributed by atoms with Crippen molar-refractivity contribution < 1.29 is 24.2 Å². The van der Waals surface area contributed by atoms with Gasteiger partial charge in [0.1, 0.15) is 6.10 Å². The molecule has 4 fully saturated rings. The third-order valence-electron chi connectivity index (χ3n) is 12.3. The van der Waals surface area contributed by atoms with E-state index < -0.39 is 6.10 Å². The third-order valence-corrected chi connectivity index (χ3v) is 12.3. The number of aromatic nitrogens is 1. The van der Waals surface area contributed by atoms with Gasteiger partial charge in [0, 0.05) is 24.2 Å². The number of rotatable bonds is 6. The standard InChI is InChI=1S/C34H45NO5/c1-20(28(18-34(6)31(2,3)40-34)39-30(38)21-8-7-15-35-19-21)24-9-10-25-29-26(12-14-33(24,25)5)32(4)13-11-23(36)16-22(32)17-27(29)37/h7-8,11,13,15-16,19-20,24-29,37H,9-10,12,14,17-18H2,1-6H3/t20-,24+,25-,26-,27+,28+,29-,32-,33+,34-/m0/s1. The molecular weight excluding hydrogens is 502 g/mol. The van der Waals surface area contributed by atoms with Gasteiger partial charge in [-0.25, -0.2) is 4.79 Å². The van der Waals surface area contributed by atoms with E-state index in [1.165, 1.54) is 0 Å². The Hall–Kier alpha value is -2.31. The number of ketones is 1. The number of pyridine rings is 1. The van der Waals surface area contributed by atoms with Gasteiger partial charge in [0.25, 0.3) is 0 Å². The number of carbonyl (C=O) groups is 2. The first-order valence-corrected chi connectivity index (χ1v) is 15.2. The first-order chi connectivity index (χ1) is 18.8. The van der Waals surface area contributed by atoms with Crippen molar-refractivity contribution in [1.29, 1.82) is 0 Å². The average molecular weight is 548 g/mol. The summed E-state index contributed by atoms with van der Waals surface area (Å²) in [7, 11) is 0. The lowest BCUT2D eigenvalue weighted by atomic mass is 9.46. The van der Waals surface area contributed by atoms with Crippen LogP contribution in [0.3, 0.4) is 0 Å². The Morgan fingerprint density at radius 3 is 2.60 bits per heavy atom. The van der Waals surface area contributed by atoms with E-state index >= 15 is 0 Å². The number of aliphatic hydroxyl groups is 1. The smallest absolute Gasteiger partial charge is 0.339 e. The fraction of sp³-hybridized carbons (Fsp3) is 0.676. The number of hydrogen-bond donors (Lipinski definition) is 1. The highest BCUT2D eigenvalue weighted by Gasteiger charge is 2.64. The summed E-state index contributed by atoms with van der Waals surface area (Å²) in [5.74, 6) is 1.16. The molecule has 0 radical (unpaired) electrons. The van der Waals surface area contributed by atoms with E-state index in [2.05, 4.69) is 52.6 Å². The number of esters is 1. The second kappa shape index (κ2) is 9.35. The molecule has 0 amide bonds. The van der Waals surface area contributed by atoms with E-state index in [1.54, 1.807) is 36.7 Å². The van der Waals surface area contributed by atoms with Crippen LogP contribution in [0, 0.1) is 40.4 Å². The minimum Gasteiger partial charge on any atom is -0.458 e. The van der Waals surface area contributed by atoms with Crippen molar-refractivity contribution in [3.8, 4) is 0 Å². The van der Waals surface area contributed by atoms with Crippen molar-refractivity contribution in [3.05, 3.63) is 53.9 Å². The van der Waals surface area contributed by atoms with E-state index in [0.717, 1.165) is 31.3 Å². The Balaban J connectivity index is 1.27. The van der Waals surface area contributed by atoms with Gasteiger partial charge in [-0.1, -0.05) is 32.4 Å². The first kappa shape index (κ1) is 27.8. The van der Waals surface area contributed by atoms with Crippen LogP contribution in [0.5, 0.6) is 0 Å². The molecule has 6 heteroatoms. The number of aliphatic hydroxyl groups excluding tert-OH is 1. The molecule has 1 N–H and O–H groups in total. The largest absolute Gasteiger partial charge is 0.458 e. The molecular formula is C34H45NO5. The van der Waals surface area contributed by atoms with E-state index in [0.29, 0.717) is 36.2 Å². The molecule has 6 rings (SSSR count). The molecule has 40 heavy (non-hydrogen) atoms. The Kier molecular flexibility index (Phi) is 6.51. The van der Waals surface area contributed by atoms with Gasteiger partial charge >= 0.3 is 5.97 Å². The van der Waals surface area contributed by atoms with Gasteiger partial charge in [-0.3, -0.25) is 9.78 Å². The molecule has 3 saturated carbocycles. The zero-order chi connectivity index (χ0) is 28.7. The van der Waals surface area contributed by atoms with Crippen LogP contribution in [-0.2, 0) is 14.3 Å². The highest BCUT2D eigenvalue weighted by molar-refractivity contribution is 6.01. The van der Waals surface area contributed by atoms with Gasteiger partial charge in [-0.2, -0.15) is 0 Å². The third kappa shape index (κ3) is 4.24. The molecule has 1 aromatic rings. The molecule has 1 aliphatic heterocycles. The maximum Gasteiger partial charge on any atom is 0.339 e. The van der Waals surface area contributed by atoms with Crippen molar-refractivity contribution in [2.45, 2.75) is 103 Å². The van der Waals surface area contributed by atoms with Crippen molar-refractivity contribution >= 4 is 11.8 Å². The van der Waals surface area contributed by atoms with Crippen molar-refractivity contribution in [3.63, 3.8) is 0 Å². The zero-order valence-corrected chi connectivity index (χ0v) is 24.9. The summed E-state index contributed by atoms with van der Waals surface area (Å²) < 4.78 is 12.4. The van der Waals surface area contributed by atoms with Gasteiger partial charge in [-0.05, 0) is 112 Å². The van der Waals surface area contributed by atoms with Crippen LogP contribution in [0.2, 0.25) is 0 Å². The molecule has 4 aliphatic carbocycles. The second-order valence-corrected chi connectivity index (χ2v) is 14.6. The summed E-state index contributed by atoms with van der Waals surface area (Å²) >= 11 is 0. The number of nitrogens with zero attached hydrogens (tertiary/aromatic N) is 1. The quantitative estimate of drug-likeness (QED) is 0.342. The van der Waals surface area contributed by atoms with Gasteiger partial charge in [0.05, 0.1) is 22.9 Å². The normalized spacial score (nSPS) is 42.6. The molecule has 5 aliphatic rings. The summed E-state index contributed by atoms with van der Waals surface area (Å²) in [5, 5.41) is 11.5. The van der Waals surface area contributed by atoms with Crippen LogP contribution < -0.4 is 0 Å². The van der Waals surface area contributed by atoms with Gasteiger partial charge in [-0.15, -0.1) is 0 Å². The van der Waals surface area contributed by atoms with Crippen molar-refractivity contribution in [1.82, 2.24) is 4.98 Å². The Labute approximate surface area is 238 Å². The lowest BCUT2D eigenvalue weighted by molar-refractivity contribution is -0.114. The molecule has 10 atom stereocenters. The SMILES string of the molecule is C[C@@H]([C@H]1CC[C@H]2[C@@H]3[C@H](O)CC4=CC(=O)C=C[C@]4(C)[C@H]3CC[C@]12C)[C@@H](C[C@]1(C)OC1(C)C)OC(=O)c1cccnc1. The Morgan fingerprint density at radius 1 is 1.18 bits per heavy atom. The highest BCUT2D eigenvalue weighted by Crippen LogP contribution is 2.67. The molecule has 2 heterocycles. The summed E-state index contributed by atoms with van der Waals surface area (Å²) in [6, 6.07) is 3.52. The fourth-order valence-electron chi connectivity index (χ4n) is 9.57.